The van der Waals surface area contributed by atoms with Gasteiger partial charge in [-0.25, -0.2) is 8.42 Å². The van der Waals surface area contributed by atoms with Gasteiger partial charge in [0.25, 0.3) is 0 Å². The van der Waals surface area contributed by atoms with E-state index in [4.69, 9.17) is 23.7 Å². The first-order valence-electron chi connectivity index (χ1n) is 12.6. The smallest absolute Gasteiger partial charge is 0.243 e. The van der Waals surface area contributed by atoms with Crippen LogP contribution in [0, 0.1) is 0 Å². The van der Waals surface area contributed by atoms with Crippen LogP contribution >= 0.6 is 0 Å². The monoisotopic (exact) mass is 558 g/mol. The van der Waals surface area contributed by atoms with Gasteiger partial charge in [-0.2, -0.15) is 4.31 Å². The largest absolute Gasteiger partial charge is 0.493 e. The van der Waals surface area contributed by atoms with Gasteiger partial charge in [0.2, 0.25) is 15.8 Å². The summed E-state index contributed by atoms with van der Waals surface area (Å²) in [6.45, 7) is 6.18. The lowest BCUT2D eigenvalue weighted by atomic mass is 10.1. The summed E-state index contributed by atoms with van der Waals surface area (Å²) in [6, 6.07) is 16.0. The molecule has 10 heteroatoms. The van der Waals surface area contributed by atoms with Gasteiger partial charge in [-0.1, -0.05) is 12.1 Å². The van der Waals surface area contributed by atoms with Gasteiger partial charge in [-0.15, -0.1) is 0 Å². The second-order valence-corrected chi connectivity index (χ2v) is 10.6. The molecule has 0 aliphatic heterocycles. The quantitative estimate of drug-likeness (QED) is 0.274. The molecule has 0 radical (unpaired) electrons. The number of sulfonamides is 1. The number of anilines is 1. The van der Waals surface area contributed by atoms with Crippen LogP contribution in [-0.2, 0) is 23.1 Å². The first-order valence-corrected chi connectivity index (χ1v) is 14.0. The summed E-state index contributed by atoms with van der Waals surface area (Å²) in [5.41, 5.74) is 2.61. The number of hydrogen-bond acceptors (Lipinski definition) is 8. The number of methoxy groups -OCH3 is 5. The van der Waals surface area contributed by atoms with Gasteiger partial charge in [-0.3, -0.25) is 0 Å². The topological polar surface area (TPSA) is 86.8 Å². The molecule has 0 amide bonds. The molecule has 0 fully saturated rings. The fourth-order valence-corrected chi connectivity index (χ4v) is 5.82. The van der Waals surface area contributed by atoms with Gasteiger partial charge in [-0.05, 0) is 61.4 Å². The van der Waals surface area contributed by atoms with E-state index in [1.165, 1.54) is 52.0 Å². The fraction of sp³-hybridized carbons (Fsp3) is 0.379. The number of benzene rings is 3. The molecule has 3 aromatic carbocycles. The van der Waals surface area contributed by atoms with Crippen LogP contribution in [0.2, 0.25) is 0 Å². The van der Waals surface area contributed by atoms with Crippen molar-refractivity contribution in [1.82, 2.24) is 4.31 Å². The van der Waals surface area contributed by atoms with E-state index >= 15 is 0 Å². The predicted octanol–water partition coefficient (Wildman–Crippen LogP) is 4.97. The normalized spacial score (nSPS) is 11.3. The maximum absolute atomic E-state index is 14.0. The van der Waals surface area contributed by atoms with E-state index in [1.54, 1.807) is 18.2 Å². The zero-order valence-corrected chi connectivity index (χ0v) is 24.5. The molecule has 0 heterocycles. The van der Waals surface area contributed by atoms with Crippen molar-refractivity contribution in [2.24, 2.45) is 0 Å². The minimum Gasteiger partial charge on any atom is -0.493 e. The molecule has 212 valence electrons. The van der Waals surface area contributed by atoms with Crippen molar-refractivity contribution in [3.8, 4) is 28.7 Å². The highest BCUT2D eigenvalue weighted by molar-refractivity contribution is 7.89. The molecule has 0 saturated heterocycles. The highest BCUT2D eigenvalue weighted by atomic mass is 32.2. The molecule has 9 nitrogen and oxygen atoms in total. The van der Waals surface area contributed by atoms with Crippen LogP contribution in [0.15, 0.2) is 59.5 Å². The van der Waals surface area contributed by atoms with Crippen LogP contribution in [0.1, 0.15) is 25.0 Å². The molecule has 0 saturated carbocycles. The maximum atomic E-state index is 14.0. The zero-order chi connectivity index (χ0) is 28.6. The molecule has 0 unspecified atom stereocenters. The molecular formula is C29H38N2O7S. The third-order valence-corrected chi connectivity index (χ3v) is 8.29. The minimum atomic E-state index is -3.97. The summed E-state index contributed by atoms with van der Waals surface area (Å²) in [6.07, 6.45) is 0. The van der Waals surface area contributed by atoms with Crippen LogP contribution in [0.4, 0.5) is 5.69 Å². The van der Waals surface area contributed by atoms with Crippen molar-refractivity contribution in [3.05, 3.63) is 65.7 Å². The van der Waals surface area contributed by atoms with Crippen molar-refractivity contribution in [1.29, 1.82) is 0 Å². The molecule has 0 aliphatic carbocycles. The lowest BCUT2D eigenvalue weighted by molar-refractivity contribution is 0.322. The third-order valence-electron chi connectivity index (χ3n) is 6.50. The Morgan fingerprint density at radius 2 is 1.15 bits per heavy atom. The van der Waals surface area contributed by atoms with Crippen molar-refractivity contribution >= 4 is 15.7 Å². The van der Waals surface area contributed by atoms with Gasteiger partial charge >= 0.3 is 0 Å². The molecule has 3 aromatic rings. The van der Waals surface area contributed by atoms with Gasteiger partial charge in [0, 0.05) is 37.9 Å². The van der Waals surface area contributed by atoms with E-state index in [0.29, 0.717) is 34.3 Å². The number of ether oxygens (including phenoxy) is 5. The Morgan fingerprint density at radius 1 is 0.615 bits per heavy atom. The first kappa shape index (κ1) is 29.9. The van der Waals surface area contributed by atoms with Gasteiger partial charge in [0.05, 0.1) is 40.4 Å². The van der Waals surface area contributed by atoms with Crippen molar-refractivity contribution in [3.63, 3.8) is 0 Å². The van der Waals surface area contributed by atoms with Gasteiger partial charge < -0.3 is 28.6 Å². The highest BCUT2D eigenvalue weighted by Crippen LogP contribution is 2.39. The standard InChI is InChI=1S/C29H38N2O7S/c1-8-30(9-2)23-12-10-21(11-13-23)19-31(20-22-16-27(36-5)29(38-7)28(17-22)37-6)39(32,33)24-14-15-25(34-3)26(18-24)35-4/h10-18H,8-9,19-20H2,1-7H3. The average molecular weight is 559 g/mol. The molecule has 0 N–H and O–H groups in total. The Kier molecular flexibility index (Phi) is 10.3. The Morgan fingerprint density at radius 3 is 1.64 bits per heavy atom. The van der Waals surface area contributed by atoms with Crippen LogP contribution in [0.5, 0.6) is 28.7 Å². The lowest BCUT2D eigenvalue weighted by Gasteiger charge is -2.25. The summed E-state index contributed by atoms with van der Waals surface area (Å²) < 4.78 is 56.6. The summed E-state index contributed by atoms with van der Waals surface area (Å²) in [7, 11) is 3.58. The predicted molar refractivity (Wildman–Crippen MR) is 152 cm³/mol. The molecule has 0 aliphatic rings. The SMILES string of the molecule is CCN(CC)c1ccc(CN(Cc2cc(OC)c(OC)c(OC)c2)S(=O)(=O)c2ccc(OC)c(OC)c2)cc1. The van der Waals surface area contributed by atoms with E-state index < -0.39 is 10.0 Å². The summed E-state index contributed by atoms with van der Waals surface area (Å²) in [4.78, 5) is 2.32. The second-order valence-electron chi connectivity index (χ2n) is 8.66. The molecule has 0 bridgehead atoms. The Balaban J connectivity index is 2.07. The van der Waals surface area contributed by atoms with E-state index in [0.717, 1.165) is 24.3 Å². The Hall–Kier alpha value is -3.63. The van der Waals surface area contributed by atoms with Gasteiger partial charge in [0.1, 0.15) is 0 Å². The van der Waals surface area contributed by atoms with Crippen molar-refractivity contribution in [2.75, 3.05) is 53.5 Å². The van der Waals surface area contributed by atoms with Crippen LogP contribution in [0.25, 0.3) is 0 Å². The van der Waals surface area contributed by atoms with Crippen molar-refractivity contribution < 1.29 is 32.1 Å². The fourth-order valence-electron chi connectivity index (χ4n) is 4.39. The maximum Gasteiger partial charge on any atom is 0.243 e. The molecule has 3 rings (SSSR count). The third kappa shape index (κ3) is 6.69. The van der Waals surface area contributed by atoms with Crippen LogP contribution < -0.4 is 28.6 Å². The lowest BCUT2D eigenvalue weighted by Crippen LogP contribution is -2.30. The molecule has 39 heavy (non-hydrogen) atoms. The van der Waals surface area contributed by atoms with Crippen molar-refractivity contribution in [2.45, 2.75) is 31.8 Å². The molecule has 0 spiro atoms. The second kappa shape index (κ2) is 13.4. The molecule has 0 atom stereocenters. The summed E-state index contributed by atoms with van der Waals surface area (Å²) in [5, 5.41) is 0. The van der Waals surface area contributed by atoms with E-state index in [1.807, 2.05) is 24.3 Å². The van der Waals surface area contributed by atoms with E-state index in [2.05, 4.69) is 18.7 Å². The zero-order valence-electron chi connectivity index (χ0n) is 23.7. The van der Waals surface area contributed by atoms with E-state index in [-0.39, 0.29) is 18.0 Å². The van der Waals surface area contributed by atoms with Crippen LogP contribution in [0.3, 0.4) is 0 Å². The molecular weight excluding hydrogens is 520 g/mol. The number of rotatable bonds is 14. The van der Waals surface area contributed by atoms with Gasteiger partial charge in [0.15, 0.2) is 23.0 Å². The average Bonchev–Trinajstić information content (AvgIpc) is 2.97. The van der Waals surface area contributed by atoms with Crippen LogP contribution in [-0.4, -0.2) is 61.4 Å². The number of nitrogens with zero attached hydrogens (tertiary/aromatic N) is 2. The summed E-state index contributed by atoms with van der Waals surface area (Å²) >= 11 is 0. The molecule has 0 aromatic heterocycles. The van der Waals surface area contributed by atoms with E-state index in [9.17, 15) is 8.42 Å². The Labute approximate surface area is 231 Å². The Bertz CT molecular complexity index is 1320. The first-order chi connectivity index (χ1) is 18.8. The number of hydrogen-bond donors (Lipinski definition) is 0. The highest BCUT2D eigenvalue weighted by Gasteiger charge is 2.27. The summed E-state index contributed by atoms with van der Waals surface area (Å²) in [5.74, 6) is 2.09. The minimum absolute atomic E-state index is 0.0607.